The summed E-state index contributed by atoms with van der Waals surface area (Å²) in [5, 5.41) is 5.74. The van der Waals surface area contributed by atoms with E-state index in [1.807, 2.05) is 42.2 Å². The molecule has 5 heteroatoms. The van der Waals surface area contributed by atoms with Gasteiger partial charge in [-0.15, -0.1) is 0 Å². The number of urea groups is 1. The summed E-state index contributed by atoms with van der Waals surface area (Å²) in [6.07, 6.45) is 2.42. The van der Waals surface area contributed by atoms with E-state index in [1.165, 1.54) is 0 Å². The van der Waals surface area contributed by atoms with Crippen LogP contribution in [0.4, 0.5) is 4.79 Å². The number of hydrogen-bond donors (Lipinski definition) is 2. The van der Waals surface area contributed by atoms with E-state index in [2.05, 4.69) is 10.6 Å². The molecule has 3 amide bonds. The molecular formula is C16H23N3O2. The molecule has 5 nitrogen and oxygen atoms in total. The number of carbonyl (C=O) groups excluding carboxylic acids is 2. The highest BCUT2D eigenvalue weighted by atomic mass is 16.2. The zero-order chi connectivity index (χ0) is 15.1. The first-order valence-electron chi connectivity index (χ1n) is 7.54. The van der Waals surface area contributed by atoms with Crippen LogP contribution in [0.3, 0.4) is 0 Å². The molecule has 0 spiro atoms. The van der Waals surface area contributed by atoms with E-state index in [1.54, 1.807) is 0 Å². The van der Waals surface area contributed by atoms with Crippen LogP contribution in [0, 0.1) is 0 Å². The Hall–Kier alpha value is -2.04. The normalized spacial score (nSPS) is 15.9. The molecule has 0 radical (unpaired) electrons. The predicted octanol–water partition coefficient (Wildman–Crippen LogP) is 2.06. The molecule has 1 aliphatic rings. The molecule has 2 N–H and O–H groups in total. The maximum atomic E-state index is 11.8. The second-order valence-electron chi connectivity index (χ2n) is 5.37. The fourth-order valence-electron chi connectivity index (χ4n) is 2.49. The summed E-state index contributed by atoms with van der Waals surface area (Å²) in [4.78, 5) is 25.1. The van der Waals surface area contributed by atoms with Crippen molar-refractivity contribution in [3.05, 3.63) is 35.9 Å². The quantitative estimate of drug-likeness (QED) is 0.787. The summed E-state index contributed by atoms with van der Waals surface area (Å²) in [5.41, 5.74) is 1.08. The lowest BCUT2D eigenvalue weighted by Crippen LogP contribution is -2.38. The van der Waals surface area contributed by atoms with Crippen LogP contribution in [-0.2, 0) is 4.79 Å². The fourth-order valence-corrected chi connectivity index (χ4v) is 2.49. The minimum Gasteiger partial charge on any atom is -0.343 e. The molecule has 1 fully saturated rings. The van der Waals surface area contributed by atoms with Gasteiger partial charge in [0.25, 0.3) is 0 Å². The van der Waals surface area contributed by atoms with Crippen molar-refractivity contribution < 1.29 is 9.59 Å². The third-order valence-electron chi connectivity index (χ3n) is 3.71. The second-order valence-corrected chi connectivity index (χ2v) is 5.37. The Morgan fingerprint density at radius 1 is 1.33 bits per heavy atom. The Labute approximate surface area is 125 Å². The van der Waals surface area contributed by atoms with Gasteiger partial charge in [0, 0.05) is 26.1 Å². The lowest BCUT2D eigenvalue weighted by molar-refractivity contribution is -0.127. The molecular weight excluding hydrogens is 266 g/mol. The van der Waals surface area contributed by atoms with Crippen molar-refractivity contribution in [3.8, 4) is 0 Å². The molecule has 1 unspecified atom stereocenters. The SMILES string of the molecule is CC(NC(=O)NCCCN1CCCC1=O)c1ccccc1. The van der Waals surface area contributed by atoms with E-state index in [9.17, 15) is 9.59 Å². The van der Waals surface area contributed by atoms with Crippen LogP contribution in [0.15, 0.2) is 30.3 Å². The van der Waals surface area contributed by atoms with Crippen LogP contribution in [0.1, 0.15) is 37.8 Å². The van der Waals surface area contributed by atoms with E-state index in [0.29, 0.717) is 13.0 Å². The monoisotopic (exact) mass is 289 g/mol. The lowest BCUT2D eigenvalue weighted by atomic mass is 10.1. The number of rotatable bonds is 6. The Kier molecular flexibility index (Phi) is 5.60. The summed E-state index contributed by atoms with van der Waals surface area (Å²) in [6.45, 7) is 4.12. The third kappa shape index (κ3) is 4.77. The molecule has 1 heterocycles. The van der Waals surface area contributed by atoms with Crippen LogP contribution in [0.2, 0.25) is 0 Å². The number of nitrogens with one attached hydrogen (secondary N) is 2. The van der Waals surface area contributed by atoms with Gasteiger partial charge in [-0.05, 0) is 25.3 Å². The van der Waals surface area contributed by atoms with Crippen molar-refractivity contribution in [3.63, 3.8) is 0 Å². The van der Waals surface area contributed by atoms with E-state index >= 15 is 0 Å². The second kappa shape index (κ2) is 7.67. The first-order chi connectivity index (χ1) is 10.2. The highest BCUT2D eigenvalue weighted by Gasteiger charge is 2.19. The Morgan fingerprint density at radius 3 is 2.76 bits per heavy atom. The summed E-state index contributed by atoms with van der Waals surface area (Å²) in [6, 6.07) is 9.66. The zero-order valence-corrected chi connectivity index (χ0v) is 12.5. The average molecular weight is 289 g/mol. The maximum absolute atomic E-state index is 11.8. The van der Waals surface area contributed by atoms with Crippen molar-refractivity contribution in [1.82, 2.24) is 15.5 Å². The Bertz CT molecular complexity index is 476. The van der Waals surface area contributed by atoms with Crippen molar-refractivity contribution >= 4 is 11.9 Å². The van der Waals surface area contributed by atoms with Gasteiger partial charge in [-0.1, -0.05) is 30.3 Å². The van der Waals surface area contributed by atoms with Crippen molar-refractivity contribution in [2.45, 2.75) is 32.2 Å². The van der Waals surface area contributed by atoms with Gasteiger partial charge in [0.1, 0.15) is 0 Å². The van der Waals surface area contributed by atoms with Crippen molar-refractivity contribution in [2.24, 2.45) is 0 Å². The molecule has 21 heavy (non-hydrogen) atoms. The predicted molar refractivity (Wildman–Crippen MR) is 81.8 cm³/mol. The number of carbonyl (C=O) groups is 2. The highest BCUT2D eigenvalue weighted by Crippen LogP contribution is 2.11. The van der Waals surface area contributed by atoms with E-state index < -0.39 is 0 Å². The molecule has 114 valence electrons. The van der Waals surface area contributed by atoms with Crippen molar-refractivity contribution in [1.29, 1.82) is 0 Å². The van der Waals surface area contributed by atoms with Crippen LogP contribution >= 0.6 is 0 Å². The van der Waals surface area contributed by atoms with Crippen LogP contribution < -0.4 is 10.6 Å². The molecule has 1 aliphatic heterocycles. The smallest absolute Gasteiger partial charge is 0.315 e. The standard InChI is InChI=1S/C16H23N3O2/c1-13(14-7-3-2-4-8-14)18-16(21)17-10-6-12-19-11-5-9-15(19)20/h2-4,7-8,13H,5-6,9-12H2,1H3,(H2,17,18,21). The molecule has 0 bridgehead atoms. The van der Waals surface area contributed by atoms with Gasteiger partial charge in [0.2, 0.25) is 5.91 Å². The molecule has 1 saturated heterocycles. The van der Waals surface area contributed by atoms with E-state index in [4.69, 9.17) is 0 Å². The summed E-state index contributed by atoms with van der Waals surface area (Å²) < 4.78 is 0. The first kappa shape index (κ1) is 15.4. The largest absolute Gasteiger partial charge is 0.343 e. The van der Waals surface area contributed by atoms with Gasteiger partial charge >= 0.3 is 6.03 Å². The van der Waals surface area contributed by atoms with Gasteiger partial charge in [0.05, 0.1) is 6.04 Å². The topological polar surface area (TPSA) is 61.4 Å². The molecule has 0 aromatic heterocycles. The van der Waals surface area contributed by atoms with E-state index in [0.717, 1.165) is 31.5 Å². The summed E-state index contributed by atoms with van der Waals surface area (Å²) in [7, 11) is 0. The molecule has 1 aromatic rings. The highest BCUT2D eigenvalue weighted by molar-refractivity contribution is 5.78. The van der Waals surface area contributed by atoms with Crippen LogP contribution in [-0.4, -0.2) is 36.5 Å². The lowest BCUT2D eigenvalue weighted by Gasteiger charge is -2.17. The van der Waals surface area contributed by atoms with E-state index in [-0.39, 0.29) is 18.0 Å². The summed E-state index contributed by atoms with van der Waals surface area (Å²) in [5.74, 6) is 0.233. The van der Waals surface area contributed by atoms with Crippen LogP contribution in [0.5, 0.6) is 0 Å². The molecule has 1 atom stereocenters. The van der Waals surface area contributed by atoms with Gasteiger partial charge in [-0.25, -0.2) is 4.79 Å². The summed E-state index contributed by atoms with van der Waals surface area (Å²) >= 11 is 0. The molecule has 2 rings (SSSR count). The fraction of sp³-hybridized carbons (Fsp3) is 0.500. The number of nitrogens with zero attached hydrogens (tertiary/aromatic N) is 1. The minimum atomic E-state index is -0.167. The molecule has 1 aromatic carbocycles. The van der Waals surface area contributed by atoms with Gasteiger partial charge in [0.15, 0.2) is 0 Å². The van der Waals surface area contributed by atoms with Gasteiger partial charge in [-0.2, -0.15) is 0 Å². The Balaban J connectivity index is 1.62. The number of amides is 3. The zero-order valence-electron chi connectivity index (χ0n) is 12.5. The van der Waals surface area contributed by atoms with Crippen LogP contribution in [0.25, 0.3) is 0 Å². The van der Waals surface area contributed by atoms with Gasteiger partial charge < -0.3 is 15.5 Å². The van der Waals surface area contributed by atoms with Gasteiger partial charge in [-0.3, -0.25) is 4.79 Å². The maximum Gasteiger partial charge on any atom is 0.315 e. The van der Waals surface area contributed by atoms with Crippen molar-refractivity contribution in [2.75, 3.05) is 19.6 Å². The number of benzene rings is 1. The minimum absolute atomic E-state index is 0.0219. The number of likely N-dealkylation sites (tertiary alicyclic amines) is 1. The molecule has 0 saturated carbocycles. The molecule has 0 aliphatic carbocycles. The number of hydrogen-bond acceptors (Lipinski definition) is 2. The first-order valence-corrected chi connectivity index (χ1v) is 7.54. The Morgan fingerprint density at radius 2 is 2.10 bits per heavy atom. The average Bonchev–Trinajstić information content (AvgIpc) is 2.90. The third-order valence-corrected chi connectivity index (χ3v) is 3.71.